The summed E-state index contributed by atoms with van der Waals surface area (Å²) < 4.78 is 0. The fourth-order valence-corrected chi connectivity index (χ4v) is 3.44. The minimum Gasteiger partial charge on any atom is -0.356 e. The smallest absolute Gasteiger partial charge is 0.219 e. The highest BCUT2D eigenvalue weighted by Crippen LogP contribution is 2.42. The van der Waals surface area contributed by atoms with Crippen LogP contribution in [0, 0.1) is 5.41 Å². The van der Waals surface area contributed by atoms with Gasteiger partial charge in [-0.05, 0) is 24.7 Å². The number of hydrogen-bond donors (Lipinski definition) is 2. The molecule has 0 atom stereocenters. The number of halogens is 1. The van der Waals surface area contributed by atoms with Crippen molar-refractivity contribution in [2.45, 2.75) is 39.5 Å². The molecule has 0 bridgehead atoms. The lowest BCUT2D eigenvalue weighted by molar-refractivity contribution is -0.130. The van der Waals surface area contributed by atoms with Crippen LogP contribution in [0.2, 0.25) is 0 Å². The normalized spacial score (nSPS) is 20.8. The largest absolute Gasteiger partial charge is 0.356 e. The quantitative estimate of drug-likeness (QED) is 0.365. The third-order valence-corrected chi connectivity index (χ3v) is 5.56. The number of hydrogen-bond acceptors (Lipinski definition) is 3. The van der Waals surface area contributed by atoms with Gasteiger partial charge < -0.3 is 15.5 Å². The van der Waals surface area contributed by atoms with Gasteiger partial charge >= 0.3 is 0 Å². The first-order valence-corrected chi connectivity index (χ1v) is 9.01. The summed E-state index contributed by atoms with van der Waals surface area (Å²) in [6.07, 6.45) is 5.30. The summed E-state index contributed by atoms with van der Waals surface area (Å²) in [5.41, 5.74) is 0.501. The van der Waals surface area contributed by atoms with Gasteiger partial charge in [0.05, 0.1) is 0 Å². The van der Waals surface area contributed by atoms with Gasteiger partial charge in [0, 0.05) is 59.8 Å². The molecule has 6 nitrogen and oxygen atoms in total. The van der Waals surface area contributed by atoms with Crippen molar-refractivity contribution in [3.8, 4) is 0 Å². The summed E-state index contributed by atoms with van der Waals surface area (Å²) in [5.74, 6) is 1.10. The standard InChI is InChI=1S/C17H33N5O.HI/c1-4-17(6-5-7-17)14-20-16(18-3)19-8-9-21-10-12-22(13-11-21)15(2)23;/h4-14H2,1-3H3,(H2,18,19,20);1H. The third-order valence-electron chi connectivity index (χ3n) is 5.56. The van der Waals surface area contributed by atoms with Crippen molar-refractivity contribution in [3.63, 3.8) is 0 Å². The highest BCUT2D eigenvalue weighted by Gasteiger charge is 2.34. The average molecular weight is 451 g/mol. The molecule has 2 fully saturated rings. The van der Waals surface area contributed by atoms with E-state index < -0.39 is 0 Å². The number of amides is 1. The summed E-state index contributed by atoms with van der Waals surface area (Å²) in [6.45, 7) is 10.5. The molecule has 140 valence electrons. The van der Waals surface area contributed by atoms with E-state index in [9.17, 15) is 4.79 Å². The summed E-state index contributed by atoms with van der Waals surface area (Å²) in [7, 11) is 1.83. The molecule has 7 heteroatoms. The summed E-state index contributed by atoms with van der Waals surface area (Å²) in [5, 5.41) is 6.90. The molecule has 1 heterocycles. The highest BCUT2D eigenvalue weighted by atomic mass is 127. The molecule has 1 amide bonds. The van der Waals surface area contributed by atoms with Crippen LogP contribution in [0.25, 0.3) is 0 Å². The SMILES string of the molecule is CCC1(CNC(=NC)NCCN2CCN(C(C)=O)CC2)CCC1.I. The number of rotatable bonds is 6. The van der Waals surface area contributed by atoms with E-state index in [-0.39, 0.29) is 29.9 Å². The van der Waals surface area contributed by atoms with E-state index in [1.807, 2.05) is 11.9 Å². The molecule has 1 saturated heterocycles. The van der Waals surface area contributed by atoms with Crippen LogP contribution in [-0.2, 0) is 4.79 Å². The molecule has 2 aliphatic rings. The lowest BCUT2D eigenvalue weighted by Crippen LogP contribution is -2.51. The maximum Gasteiger partial charge on any atom is 0.219 e. The predicted molar refractivity (Wildman–Crippen MR) is 110 cm³/mol. The second-order valence-electron chi connectivity index (χ2n) is 6.91. The zero-order valence-electron chi connectivity index (χ0n) is 15.4. The molecule has 24 heavy (non-hydrogen) atoms. The Bertz CT molecular complexity index is 412. The number of nitrogens with one attached hydrogen (secondary N) is 2. The van der Waals surface area contributed by atoms with E-state index in [1.54, 1.807) is 6.92 Å². The lowest BCUT2D eigenvalue weighted by Gasteiger charge is -2.41. The van der Waals surface area contributed by atoms with E-state index in [2.05, 4.69) is 27.4 Å². The summed E-state index contributed by atoms with van der Waals surface area (Å²) in [6, 6.07) is 0. The van der Waals surface area contributed by atoms with Gasteiger partial charge in [0.15, 0.2) is 5.96 Å². The van der Waals surface area contributed by atoms with E-state index in [0.717, 1.165) is 51.8 Å². The van der Waals surface area contributed by atoms with Crippen molar-refractivity contribution in [3.05, 3.63) is 0 Å². The molecule has 1 saturated carbocycles. The Morgan fingerprint density at radius 3 is 2.29 bits per heavy atom. The third kappa shape index (κ3) is 6.06. The van der Waals surface area contributed by atoms with Crippen molar-refractivity contribution in [2.75, 3.05) is 52.9 Å². The van der Waals surface area contributed by atoms with Gasteiger partial charge in [0.1, 0.15) is 0 Å². The highest BCUT2D eigenvalue weighted by molar-refractivity contribution is 14.0. The molecule has 0 radical (unpaired) electrons. The molecule has 0 aromatic rings. The van der Waals surface area contributed by atoms with E-state index in [1.165, 1.54) is 25.7 Å². The van der Waals surface area contributed by atoms with Gasteiger partial charge in [-0.25, -0.2) is 0 Å². The minimum atomic E-state index is 0. The van der Waals surface area contributed by atoms with Gasteiger partial charge in [0.2, 0.25) is 5.91 Å². The number of carbonyl (C=O) groups is 1. The number of aliphatic imine (C=N–C) groups is 1. The zero-order chi connectivity index (χ0) is 16.7. The molecule has 2 N–H and O–H groups in total. The molecule has 0 unspecified atom stereocenters. The molecule has 1 aliphatic carbocycles. The Morgan fingerprint density at radius 1 is 1.17 bits per heavy atom. The van der Waals surface area contributed by atoms with Crippen LogP contribution < -0.4 is 10.6 Å². The van der Waals surface area contributed by atoms with E-state index in [4.69, 9.17) is 0 Å². The predicted octanol–water partition coefficient (Wildman–Crippen LogP) is 1.51. The van der Waals surface area contributed by atoms with Gasteiger partial charge in [-0.15, -0.1) is 24.0 Å². The fraction of sp³-hybridized carbons (Fsp3) is 0.882. The van der Waals surface area contributed by atoms with Crippen molar-refractivity contribution in [2.24, 2.45) is 10.4 Å². The van der Waals surface area contributed by atoms with Crippen LogP contribution in [-0.4, -0.2) is 74.5 Å². The van der Waals surface area contributed by atoms with Gasteiger partial charge in [-0.3, -0.25) is 14.7 Å². The minimum absolute atomic E-state index is 0. The van der Waals surface area contributed by atoms with Gasteiger partial charge in [0.25, 0.3) is 0 Å². The van der Waals surface area contributed by atoms with Crippen molar-refractivity contribution < 1.29 is 4.79 Å². The molecule has 0 aromatic carbocycles. The maximum atomic E-state index is 11.3. The zero-order valence-corrected chi connectivity index (χ0v) is 17.8. The second-order valence-corrected chi connectivity index (χ2v) is 6.91. The second kappa shape index (κ2) is 10.4. The van der Waals surface area contributed by atoms with Crippen LogP contribution >= 0.6 is 24.0 Å². The molecular formula is C17H34IN5O. The maximum absolute atomic E-state index is 11.3. The summed E-state index contributed by atoms with van der Waals surface area (Å²) in [4.78, 5) is 20.0. The number of carbonyl (C=O) groups excluding carboxylic acids is 1. The fourth-order valence-electron chi connectivity index (χ4n) is 3.44. The van der Waals surface area contributed by atoms with Crippen molar-refractivity contribution in [1.82, 2.24) is 20.4 Å². The molecule has 2 rings (SSSR count). The van der Waals surface area contributed by atoms with Crippen LogP contribution in [0.5, 0.6) is 0 Å². The lowest BCUT2D eigenvalue weighted by atomic mass is 9.67. The Labute approximate surface area is 163 Å². The van der Waals surface area contributed by atoms with Crippen LogP contribution in [0.1, 0.15) is 39.5 Å². The molecule has 1 aliphatic heterocycles. The monoisotopic (exact) mass is 451 g/mol. The van der Waals surface area contributed by atoms with Gasteiger partial charge in [-0.2, -0.15) is 0 Å². The van der Waals surface area contributed by atoms with E-state index >= 15 is 0 Å². The van der Waals surface area contributed by atoms with E-state index in [0.29, 0.717) is 5.41 Å². The Hall–Kier alpha value is -0.570. The number of guanidine groups is 1. The van der Waals surface area contributed by atoms with Gasteiger partial charge in [-0.1, -0.05) is 13.3 Å². The van der Waals surface area contributed by atoms with Crippen molar-refractivity contribution in [1.29, 1.82) is 0 Å². The molecular weight excluding hydrogens is 417 g/mol. The Kier molecular flexibility index (Phi) is 9.33. The van der Waals surface area contributed by atoms with Crippen LogP contribution in [0.4, 0.5) is 0 Å². The molecule has 0 spiro atoms. The molecule has 0 aromatic heterocycles. The Morgan fingerprint density at radius 2 is 1.83 bits per heavy atom. The topological polar surface area (TPSA) is 60.0 Å². The number of nitrogens with zero attached hydrogens (tertiary/aromatic N) is 3. The average Bonchev–Trinajstić information content (AvgIpc) is 2.53. The Balaban J connectivity index is 0.00000288. The van der Waals surface area contributed by atoms with Crippen LogP contribution in [0.15, 0.2) is 4.99 Å². The first kappa shape index (κ1) is 21.5. The van der Waals surface area contributed by atoms with Crippen LogP contribution in [0.3, 0.4) is 0 Å². The first-order chi connectivity index (χ1) is 11.1. The van der Waals surface area contributed by atoms with Crippen molar-refractivity contribution >= 4 is 35.8 Å². The first-order valence-electron chi connectivity index (χ1n) is 9.01. The summed E-state index contributed by atoms with van der Waals surface area (Å²) >= 11 is 0. The number of piperazine rings is 1.